The highest BCUT2D eigenvalue weighted by Crippen LogP contribution is 2.33. The number of benzene rings is 2. The molecule has 0 saturated carbocycles. The summed E-state index contributed by atoms with van der Waals surface area (Å²) in [5.74, 6) is -2.07. The van der Waals surface area contributed by atoms with Gasteiger partial charge in [0.2, 0.25) is 0 Å². The van der Waals surface area contributed by atoms with Gasteiger partial charge in [-0.2, -0.15) is 0 Å². The van der Waals surface area contributed by atoms with Gasteiger partial charge < -0.3 is 29.4 Å². The van der Waals surface area contributed by atoms with E-state index in [1.807, 2.05) is 27.7 Å². The molecule has 2 rings (SSSR count). The van der Waals surface area contributed by atoms with Crippen molar-refractivity contribution in [2.45, 2.75) is 73.0 Å². The Labute approximate surface area is 247 Å². The van der Waals surface area contributed by atoms with Crippen molar-refractivity contribution < 1.29 is 42.9 Å². The number of para-hydroxylation sites is 1. The number of carbonyl (C=O) groups excluding carboxylic acids is 4. The van der Waals surface area contributed by atoms with Gasteiger partial charge in [-0.05, 0) is 48.6 Å². The van der Waals surface area contributed by atoms with Crippen molar-refractivity contribution in [1.29, 1.82) is 0 Å². The Kier molecular flexibility index (Phi) is 12.5. The molecule has 0 fully saturated rings. The monoisotopic (exact) mass is 585 g/mol. The van der Waals surface area contributed by atoms with E-state index < -0.39 is 47.5 Å². The number of esters is 3. The standard InChI is InChI=1S/C32H43NO9/c1-19(2)22(6)28(34)41-26-15-14-24(16-27(26)42-29(35)23(7)20(3)4)18-32(33,30(36)38-8)17-21(5)39-31(37)40-25-12-10-9-11-13-25/h9-16,19-23H,17-18,33H2,1-8H3/t21-,22?,23?,32?/m0/s1. The van der Waals surface area contributed by atoms with E-state index in [0.29, 0.717) is 11.3 Å². The number of ether oxygens (including phenoxy) is 5. The summed E-state index contributed by atoms with van der Waals surface area (Å²) in [6.07, 6.45) is -1.95. The minimum absolute atomic E-state index is 0.0127. The van der Waals surface area contributed by atoms with E-state index in [-0.39, 0.29) is 36.2 Å². The van der Waals surface area contributed by atoms with Crippen LogP contribution in [-0.2, 0) is 30.3 Å². The van der Waals surface area contributed by atoms with Crippen LogP contribution in [0.1, 0.15) is 60.5 Å². The van der Waals surface area contributed by atoms with Gasteiger partial charge in [0.1, 0.15) is 17.4 Å². The van der Waals surface area contributed by atoms with E-state index in [1.54, 1.807) is 57.2 Å². The first kappa shape index (κ1) is 34.3. The molecule has 0 amide bonds. The topological polar surface area (TPSA) is 140 Å². The van der Waals surface area contributed by atoms with Crippen LogP contribution in [0.25, 0.3) is 0 Å². The minimum atomic E-state index is -1.63. The molecule has 2 aromatic carbocycles. The van der Waals surface area contributed by atoms with Crippen molar-refractivity contribution in [2.24, 2.45) is 29.4 Å². The van der Waals surface area contributed by atoms with Crippen LogP contribution in [0.5, 0.6) is 17.2 Å². The Hall–Kier alpha value is -3.92. The molecule has 10 heteroatoms. The highest BCUT2D eigenvalue weighted by molar-refractivity contribution is 5.81. The molecular weight excluding hydrogens is 542 g/mol. The van der Waals surface area contributed by atoms with Gasteiger partial charge in [0.05, 0.1) is 18.9 Å². The van der Waals surface area contributed by atoms with Crippen LogP contribution >= 0.6 is 0 Å². The van der Waals surface area contributed by atoms with E-state index in [1.165, 1.54) is 19.2 Å². The van der Waals surface area contributed by atoms with E-state index in [4.69, 9.17) is 29.4 Å². The van der Waals surface area contributed by atoms with E-state index in [0.717, 1.165) is 0 Å². The fourth-order valence-electron chi connectivity index (χ4n) is 3.90. The molecule has 0 spiro atoms. The van der Waals surface area contributed by atoms with Crippen LogP contribution in [0.15, 0.2) is 48.5 Å². The highest BCUT2D eigenvalue weighted by Gasteiger charge is 2.38. The molecule has 42 heavy (non-hydrogen) atoms. The zero-order chi connectivity index (χ0) is 31.6. The van der Waals surface area contributed by atoms with Crippen LogP contribution in [0.3, 0.4) is 0 Å². The Morgan fingerprint density at radius 2 is 1.31 bits per heavy atom. The maximum Gasteiger partial charge on any atom is 0.514 e. The molecule has 0 aliphatic carbocycles. The van der Waals surface area contributed by atoms with Gasteiger partial charge in [-0.1, -0.05) is 65.8 Å². The first-order valence-corrected chi connectivity index (χ1v) is 14.0. The number of rotatable bonds is 13. The van der Waals surface area contributed by atoms with E-state index >= 15 is 0 Å². The van der Waals surface area contributed by atoms with Crippen LogP contribution in [0.4, 0.5) is 4.79 Å². The maximum absolute atomic E-state index is 12.9. The molecule has 0 aromatic heterocycles. The SMILES string of the molecule is COC(=O)C(N)(Cc1ccc(OC(=O)C(C)C(C)C)c(OC(=O)C(C)C(C)C)c1)C[C@H](C)OC(=O)Oc1ccccc1. The number of hydrogen-bond acceptors (Lipinski definition) is 10. The van der Waals surface area contributed by atoms with Gasteiger partial charge in [0, 0.05) is 12.8 Å². The summed E-state index contributed by atoms with van der Waals surface area (Å²) in [7, 11) is 1.21. The van der Waals surface area contributed by atoms with Crippen LogP contribution in [-0.4, -0.2) is 42.8 Å². The zero-order valence-corrected chi connectivity index (χ0v) is 25.7. The lowest BCUT2D eigenvalue weighted by molar-refractivity contribution is -0.148. The molecule has 0 aliphatic rings. The largest absolute Gasteiger partial charge is 0.514 e. The molecular formula is C32H43NO9. The summed E-state index contributed by atoms with van der Waals surface area (Å²) < 4.78 is 26.8. The summed E-state index contributed by atoms with van der Waals surface area (Å²) in [4.78, 5) is 50.7. The minimum Gasteiger partial charge on any atom is -0.468 e. The van der Waals surface area contributed by atoms with Gasteiger partial charge in [-0.3, -0.25) is 14.4 Å². The number of carbonyl (C=O) groups is 4. The summed E-state index contributed by atoms with van der Waals surface area (Å²) >= 11 is 0. The second-order valence-electron chi connectivity index (χ2n) is 11.3. The molecule has 0 bridgehead atoms. The predicted octanol–water partition coefficient (Wildman–Crippen LogP) is 5.49. The summed E-state index contributed by atoms with van der Waals surface area (Å²) in [5, 5.41) is 0. The quantitative estimate of drug-likeness (QED) is 0.182. The van der Waals surface area contributed by atoms with Gasteiger partial charge >= 0.3 is 24.1 Å². The Bertz CT molecular complexity index is 1230. The van der Waals surface area contributed by atoms with Gasteiger partial charge in [0.15, 0.2) is 11.5 Å². The average Bonchev–Trinajstić information content (AvgIpc) is 2.92. The zero-order valence-electron chi connectivity index (χ0n) is 25.7. The fourth-order valence-corrected chi connectivity index (χ4v) is 3.90. The predicted molar refractivity (Wildman–Crippen MR) is 156 cm³/mol. The first-order valence-electron chi connectivity index (χ1n) is 14.0. The molecule has 10 nitrogen and oxygen atoms in total. The fraction of sp³-hybridized carbons (Fsp3) is 0.500. The molecule has 0 saturated heterocycles. The molecule has 4 atom stereocenters. The Morgan fingerprint density at radius 1 is 0.762 bits per heavy atom. The summed E-state index contributed by atoms with van der Waals surface area (Å²) in [6.45, 7) is 12.7. The highest BCUT2D eigenvalue weighted by atomic mass is 16.7. The van der Waals surface area contributed by atoms with Crippen LogP contribution < -0.4 is 19.9 Å². The third-order valence-corrected chi connectivity index (χ3v) is 7.18. The lowest BCUT2D eigenvalue weighted by atomic mass is 9.86. The van der Waals surface area contributed by atoms with Crippen molar-refractivity contribution in [2.75, 3.05) is 7.11 Å². The maximum atomic E-state index is 12.9. The van der Waals surface area contributed by atoms with Gasteiger partial charge in [0.25, 0.3) is 0 Å². The van der Waals surface area contributed by atoms with Crippen molar-refractivity contribution in [3.63, 3.8) is 0 Å². The molecule has 3 unspecified atom stereocenters. The van der Waals surface area contributed by atoms with Crippen molar-refractivity contribution >= 4 is 24.1 Å². The first-order chi connectivity index (χ1) is 19.7. The molecule has 0 aliphatic heterocycles. The molecule has 230 valence electrons. The Balaban J connectivity index is 2.32. The summed E-state index contributed by atoms with van der Waals surface area (Å²) in [5.41, 5.74) is 5.42. The average molecular weight is 586 g/mol. The van der Waals surface area contributed by atoms with Crippen molar-refractivity contribution in [3.05, 3.63) is 54.1 Å². The third kappa shape index (κ3) is 9.87. The second kappa shape index (κ2) is 15.3. The molecule has 0 heterocycles. The van der Waals surface area contributed by atoms with Gasteiger partial charge in [-0.25, -0.2) is 4.79 Å². The number of nitrogens with two attached hydrogens (primary N) is 1. The Morgan fingerprint density at radius 3 is 1.83 bits per heavy atom. The van der Waals surface area contributed by atoms with Gasteiger partial charge in [-0.15, -0.1) is 0 Å². The normalized spacial score (nSPS) is 14.7. The smallest absolute Gasteiger partial charge is 0.468 e. The lowest BCUT2D eigenvalue weighted by Gasteiger charge is -2.29. The lowest BCUT2D eigenvalue weighted by Crippen LogP contribution is -2.53. The van der Waals surface area contributed by atoms with E-state index in [9.17, 15) is 19.2 Å². The number of hydrogen-bond donors (Lipinski definition) is 1. The van der Waals surface area contributed by atoms with Crippen LogP contribution in [0, 0.1) is 23.7 Å². The molecule has 2 N–H and O–H groups in total. The number of methoxy groups -OCH3 is 1. The summed E-state index contributed by atoms with van der Waals surface area (Å²) in [6, 6.07) is 13.0. The van der Waals surface area contributed by atoms with Crippen LogP contribution in [0.2, 0.25) is 0 Å². The molecule has 0 radical (unpaired) electrons. The van der Waals surface area contributed by atoms with Crippen molar-refractivity contribution in [3.8, 4) is 17.2 Å². The van der Waals surface area contributed by atoms with E-state index in [2.05, 4.69) is 0 Å². The second-order valence-corrected chi connectivity index (χ2v) is 11.3. The third-order valence-electron chi connectivity index (χ3n) is 7.18. The molecule has 2 aromatic rings. The van der Waals surface area contributed by atoms with Crippen molar-refractivity contribution in [1.82, 2.24) is 0 Å².